The average Bonchev–Trinajstić information content (AvgIpc) is 2.73. The third kappa shape index (κ3) is 4.27. The topological polar surface area (TPSA) is 65.8 Å². The molecule has 2 N–H and O–H groups in total. The Bertz CT molecular complexity index is 914. The zero-order valence-electron chi connectivity index (χ0n) is 13.8. The first-order chi connectivity index (χ1) is 12.6. The number of aromatic nitrogens is 1. The van der Waals surface area contributed by atoms with Crippen LogP contribution in [-0.2, 0) is 17.4 Å². The number of hydrogen-bond donors (Lipinski definition) is 2. The van der Waals surface area contributed by atoms with Crippen LogP contribution in [0.25, 0.3) is 0 Å². The van der Waals surface area contributed by atoms with Crippen molar-refractivity contribution in [2.45, 2.75) is 31.4 Å². The molecule has 0 saturated heterocycles. The minimum atomic E-state index is -4.61. The van der Waals surface area contributed by atoms with Gasteiger partial charge in [-0.15, -0.1) is 0 Å². The summed E-state index contributed by atoms with van der Waals surface area (Å²) in [4.78, 5) is 16.3. The average molecular weight is 400 g/mol. The summed E-state index contributed by atoms with van der Waals surface area (Å²) in [6.07, 6.45) is -2.81. The van der Waals surface area contributed by atoms with Crippen molar-refractivity contribution < 1.29 is 22.4 Å². The van der Waals surface area contributed by atoms with E-state index < -0.39 is 29.5 Å². The number of nitrogens with zero attached hydrogens (tertiary/aromatic N) is 1. The summed E-state index contributed by atoms with van der Waals surface area (Å²) >= 11 is 5.74. The molecule has 4 nitrogen and oxygen atoms in total. The number of benzene rings is 1. The van der Waals surface area contributed by atoms with Crippen molar-refractivity contribution in [3.05, 3.63) is 58.1 Å². The molecule has 1 aliphatic rings. The van der Waals surface area contributed by atoms with Gasteiger partial charge >= 0.3 is 6.18 Å². The molecule has 27 heavy (non-hydrogen) atoms. The van der Waals surface area contributed by atoms with Crippen LogP contribution in [0.3, 0.4) is 0 Å². The van der Waals surface area contributed by atoms with Gasteiger partial charge in [-0.2, -0.15) is 17.6 Å². The van der Waals surface area contributed by atoms with Gasteiger partial charge in [0.05, 0.1) is 11.5 Å². The highest BCUT2D eigenvalue weighted by Gasteiger charge is 2.32. The van der Waals surface area contributed by atoms with Gasteiger partial charge in [0.15, 0.2) is 0 Å². The lowest BCUT2D eigenvalue weighted by Crippen LogP contribution is -2.22. The van der Waals surface area contributed by atoms with Gasteiger partial charge in [0, 0.05) is 34.6 Å². The van der Waals surface area contributed by atoms with Crippen LogP contribution in [0.4, 0.5) is 23.2 Å². The van der Waals surface area contributed by atoms with Crippen molar-refractivity contribution >= 4 is 28.9 Å². The number of pyridine rings is 1. The Morgan fingerprint density at radius 2 is 2.04 bits per heavy atom. The van der Waals surface area contributed by atoms with Crippen LogP contribution < -0.4 is 5.32 Å². The number of amides is 1. The molecule has 1 aromatic heterocycles. The molecule has 1 atom stereocenters. The molecule has 1 heterocycles. The first kappa shape index (κ1) is 19.3. The summed E-state index contributed by atoms with van der Waals surface area (Å²) < 4.78 is 52.8. The van der Waals surface area contributed by atoms with Gasteiger partial charge in [0.2, 0.25) is 11.9 Å². The smallest absolute Gasteiger partial charge is 0.325 e. The van der Waals surface area contributed by atoms with Crippen molar-refractivity contribution in [3.63, 3.8) is 0 Å². The predicted octanol–water partition coefficient (Wildman–Crippen LogP) is 4.97. The number of hydrogen-bond acceptors (Lipinski definition) is 3. The third-order valence-corrected chi connectivity index (χ3v) is 4.57. The first-order valence-corrected chi connectivity index (χ1v) is 8.41. The molecular weight excluding hydrogens is 386 g/mol. The molecule has 3 rings (SSSR count). The van der Waals surface area contributed by atoms with Gasteiger partial charge in [-0.05, 0) is 42.7 Å². The molecule has 9 heteroatoms. The minimum Gasteiger partial charge on any atom is -0.325 e. The van der Waals surface area contributed by atoms with Crippen LogP contribution in [0.5, 0.6) is 0 Å². The molecule has 1 aliphatic carbocycles. The number of alkyl halides is 3. The number of fused-ring (bicyclic) bond motifs is 1. The SMILES string of the molecule is N=C1CCC(C(=O)Nc2cc(Cl)cc(C(F)(F)F)c2)c2ccnc(F)c2C1. The summed E-state index contributed by atoms with van der Waals surface area (Å²) in [5.41, 5.74) is -0.262. The highest BCUT2D eigenvalue weighted by Crippen LogP contribution is 2.35. The molecule has 142 valence electrons. The number of carbonyl (C=O) groups is 1. The van der Waals surface area contributed by atoms with Crippen LogP contribution >= 0.6 is 11.6 Å². The molecule has 0 fully saturated rings. The van der Waals surface area contributed by atoms with Gasteiger partial charge in [-0.25, -0.2) is 4.98 Å². The van der Waals surface area contributed by atoms with Gasteiger partial charge in [0.1, 0.15) is 0 Å². The van der Waals surface area contributed by atoms with E-state index in [-0.39, 0.29) is 41.2 Å². The normalized spacial score (nSPS) is 17.2. The molecule has 1 aromatic carbocycles. The molecule has 0 saturated carbocycles. The van der Waals surface area contributed by atoms with E-state index in [2.05, 4.69) is 10.3 Å². The maximum atomic E-state index is 14.0. The van der Waals surface area contributed by atoms with Gasteiger partial charge < -0.3 is 10.7 Å². The monoisotopic (exact) mass is 399 g/mol. The highest BCUT2D eigenvalue weighted by molar-refractivity contribution is 6.31. The molecule has 1 unspecified atom stereocenters. The Hall–Kier alpha value is -2.48. The van der Waals surface area contributed by atoms with Crippen LogP contribution in [-0.4, -0.2) is 16.6 Å². The maximum absolute atomic E-state index is 14.0. The quantitative estimate of drug-likeness (QED) is 0.425. The fourth-order valence-electron chi connectivity index (χ4n) is 3.09. The number of anilines is 1. The Kier molecular flexibility index (Phi) is 5.19. The minimum absolute atomic E-state index is 0.0498. The fraction of sp³-hybridized carbons (Fsp3) is 0.278. The largest absolute Gasteiger partial charge is 0.416 e. The molecule has 0 aliphatic heterocycles. The molecule has 0 bridgehead atoms. The van der Waals surface area contributed by atoms with Crippen molar-refractivity contribution in [3.8, 4) is 0 Å². The fourth-order valence-corrected chi connectivity index (χ4v) is 3.32. The van der Waals surface area contributed by atoms with E-state index in [1.807, 2.05) is 0 Å². The summed E-state index contributed by atoms with van der Waals surface area (Å²) in [5, 5.41) is 10.1. The summed E-state index contributed by atoms with van der Waals surface area (Å²) in [7, 11) is 0. The second kappa shape index (κ2) is 7.26. The summed E-state index contributed by atoms with van der Waals surface area (Å²) in [5.74, 6) is -2.15. The number of rotatable bonds is 2. The highest BCUT2D eigenvalue weighted by atomic mass is 35.5. The van der Waals surface area contributed by atoms with Crippen LogP contribution in [0, 0.1) is 11.4 Å². The van der Waals surface area contributed by atoms with E-state index in [0.717, 1.165) is 12.1 Å². The maximum Gasteiger partial charge on any atom is 0.416 e. The van der Waals surface area contributed by atoms with Gasteiger partial charge in [-0.1, -0.05) is 11.6 Å². The van der Waals surface area contributed by atoms with Crippen LogP contribution in [0.2, 0.25) is 5.02 Å². The lowest BCUT2D eigenvalue weighted by molar-refractivity contribution is -0.137. The number of halogens is 5. The van der Waals surface area contributed by atoms with Gasteiger partial charge in [-0.3, -0.25) is 4.79 Å². The van der Waals surface area contributed by atoms with Crippen LogP contribution in [0.1, 0.15) is 35.4 Å². The standard InChI is InChI=1S/C18H14ClF4N3O/c19-10-5-9(18(21,22)23)6-12(7-10)26-17(27)14-2-1-11(24)8-15-13(14)3-4-25-16(15)20/h3-7,14,24H,1-2,8H2,(H,26,27). The Balaban J connectivity index is 1.92. The Labute approximate surface area is 157 Å². The molecule has 0 spiro atoms. The van der Waals surface area contributed by atoms with E-state index in [1.54, 1.807) is 0 Å². The lowest BCUT2D eigenvalue weighted by Gasteiger charge is -2.18. The van der Waals surface area contributed by atoms with Crippen molar-refractivity contribution in [2.24, 2.45) is 0 Å². The molecule has 0 radical (unpaired) electrons. The third-order valence-electron chi connectivity index (χ3n) is 4.35. The molecule has 1 amide bonds. The Morgan fingerprint density at radius 1 is 1.30 bits per heavy atom. The second-order valence-electron chi connectivity index (χ2n) is 6.26. The zero-order chi connectivity index (χ0) is 19.8. The summed E-state index contributed by atoms with van der Waals surface area (Å²) in [6, 6.07) is 4.26. The molecular formula is C18H14ClF4N3O. The lowest BCUT2D eigenvalue weighted by atomic mass is 9.93. The number of carbonyl (C=O) groups excluding carboxylic acids is 1. The van der Waals surface area contributed by atoms with E-state index in [1.165, 1.54) is 18.3 Å². The van der Waals surface area contributed by atoms with E-state index in [0.29, 0.717) is 5.56 Å². The van der Waals surface area contributed by atoms with Crippen molar-refractivity contribution in [1.82, 2.24) is 4.98 Å². The van der Waals surface area contributed by atoms with E-state index >= 15 is 0 Å². The first-order valence-electron chi connectivity index (χ1n) is 8.03. The van der Waals surface area contributed by atoms with E-state index in [4.69, 9.17) is 17.0 Å². The second-order valence-corrected chi connectivity index (χ2v) is 6.69. The predicted molar refractivity (Wildman–Crippen MR) is 92.7 cm³/mol. The Morgan fingerprint density at radius 3 is 2.74 bits per heavy atom. The zero-order valence-corrected chi connectivity index (χ0v) is 14.6. The van der Waals surface area contributed by atoms with Gasteiger partial charge in [0.25, 0.3) is 0 Å². The summed E-state index contributed by atoms with van der Waals surface area (Å²) in [6.45, 7) is 0. The van der Waals surface area contributed by atoms with Crippen molar-refractivity contribution in [1.29, 1.82) is 5.41 Å². The van der Waals surface area contributed by atoms with Crippen LogP contribution in [0.15, 0.2) is 30.5 Å². The van der Waals surface area contributed by atoms with Crippen molar-refractivity contribution in [2.75, 3.05) is 5.32 Å². The molecule has 2 aromatic rings. The number of nitrogens with one attached hydrogen (secondary N) is 2. The van der Waals surface area contributed by atoms with E-state index in [9.17, 15) is 22.4 Å².